The molecule has 8 heteroatoms. The third-order valence-corrected chi connectivity index (χ3v) is 6.63. The number of halogens is 2. The van der Waals surface area contributed by atoms with Crippen molar-refractivity contribution < 1.29 is 4.79 Å². The van der Waals surface area contributed by atoms with Crippen LogP contribution in [0.5, 0.6) is 0 Å². The number of ketones is 1. The van der Waals surface area contributed by atoms with Crippen molar-refractivity contribution in [2.24, 2.45) is 25.0 Å². The second kappa shape index (κ2) is 6.52. The van der Waals surface area contributed by atoms with E-state index in [2.05, 4.69) is 4.99 Å². The Morgan fingerprint density at radius 2 is 1.57 bits per heavy atom. The van der Waals surface area contributed by atoms with Crippen molar-refractivity contribution in [3.05, 3.63) is 95.6 Å². The average Bonchev–Trinajstić information content (AvgIpc) is 3.03. The molecule has 0 unspecified atom stereocenters. The molecule has 0 fully saturated rings. The minimum atomic E-state index is -0.683. The van der Waals surface area contributed by atoms with E-state index in [1.165, 1.54) is 11.6 Å². The zero-order chi connectivity index (χ0) is 21.3. The lowest BCUT2D eigenvalue weighted by atomic mass is 9.76. The van der Waals surface area contributed by atoms with Gasteiger partial charge in [0.25, 0.3) is 5.56 Å². The zero-order valence-corrected chi connectivity index (χ0v) is 17.5. The molecular weight excluding hydrogens is 425 g/mol. The highest BCUT2D eigenvalue weighted by atomic mass is 35.5. The molecule has 3 aromatic rings. The molecule has 2 heterocycles. The second-order valence-corrected chi connectivity index (χ2v) is 8.29. The summed E-state index contributed by atoms with van der Waals surface area (Å²) < 4.78 is 2.38. The molecule has 0 radical (unpaired) electrons. The Labute approximate surface area is 181 Å². The molecule has 0 saturated carbocycles. The predicted octanol–water partition coefficient (Wildman–Crippen LogP) is 3.47. The van der Waals surface area contributed by atoms with E-state index in [1.54, 1.807) is 37.4 Å². The number of benzene rings is 2. The molecule has 30 heavy (non-hydrogen) atoms. The molecule has 0 spiro atoms. The number of aliphatic imine (C=N–C) groups is 1. The van der Waals surface area contributed by atoms with Gasteiger partial charge in [-0.15, -0.1) is 0 Å². The Kier molecular flexibility index (Phi) is 4.14. The van der Waals surface area contributed by atoms with Crippen molar-refractivity contribution in [2.75, 3.05) is 0 Å². The number of nitrogens with zero attached hydrogens (tertiary/aromatic N) is 3. The number of hydrogen-bond donors (Lipinski definition) is 0. The third-order valence-electron chi connectivity index (χ3n) is 5.89. The number of carbonyl (C=O) groups excluding carboxylic acids is 1. The van der Waals surface area contributed by atoms with Crippen LogP contribution in [0.3, 0.4) is 0 Å². The number of fused-ring (bicyclic) bond motifs is 4. The Bertz CT molecular complexity index is 1420. The molecule has 5 rings (SSSR count). The molecule has 1 aromatic heterocycles. The second-order valence-electron chi connectivity index (χ2n) is 7.48. The number of aromatic nitrogens is 2. The van der Waals surface area contributed by atoms with Gasteiger partial charge in [-0.2, -0.15) is 0 Å². The summed E-state index contributed by atoms with van der Waals surface area (Å²) in [5.41, 5.74) is 1.84. The van der Waals surface area contributed by atoms with Gasteiger partial charge in [-0.05, 0) is 17.7 Å². The van der Waals surface area contributed by atoms with E-state index in [9.17, 15) is 14.4 Å². The van der Waals surface area contributed by atoms with Gasteiger partial charge < -0.3 is 0 Å². The first-order valence-electron chi connectivity index (χ1n) is 9.28. The first-order valence-corrected chi connectivity index (χ1v) is 10.0. The van der Waals surface area contributed by atoms with Gasteiger partial charge in [0.05, 0.1) is 27.2 Å². The summed E-state index contributed by atoms with van der Waals surface area (Å²) in [7, 11) is 2.99. The summed E-state index contributed by atoms with van der Waals surface area (Å²) in [5, 5.41) is 0.698. The summed E-state index contributed by atoms with van der Waals surface area (Å²) in [6.07, 6.45) is 0. The average molecular weight is 440 g/mol. The molecule has 1 aliphatic heterocycles. The molecule has 6 nitrogen and oxygen atoms in total. The Balaban J connectivity index is 1.91. The monoisotopic (exact) mass is 439 g/mol. The minimum Gasteiger partial charge on any atom is -0.293 e. The van der Waals surface area contributed by atoms with E-state index in [0.717, 1.165) is 10.1 Å². The lowest BCUT2D eigenvalue weighted by Crippen LogP contribution is -2.43. The van der Waals surface area contributed by atoms with Crippen LogP contribution < -0.4 is 11.2 Å². The summed E-state index contributed by atoms with van der Waals surface area (Å²) >= 11 is 12.4. The zero-order valence-electron chi connectivity index (χ0n) is 16.0. The van der Waals surface area contributed by atoms with Crippen LogP contribution >= 0.6 is 23.2 Å². The van der Waals surface area contributed by atoms with E-state index < -0.39 is 23.1 Å². The van der Waals surface area contributed by atoms with E-state index in [4.69, 9.17) is 23.2 Å². The van der Waals surface area contributed by atoms with Crippen molar-refractivity contribution >= 4 is 40.5 Å². The molecule has 0 amide bonds. The van der Waals surface area contributed by atoms with Crippen LogP contribution in [0.1, 0.15) is 33.0 Å². The van der Waals surface area contributed by atoms with Crippen LogP contribution in [0.15, 0.2) is 57.0 Å². The SMILES string of the molecule is Cn1c2c(c(=O)n(C)c1=O)[C@H](c1ccc(Cl)c(Cl)c1)[C@H]1C(=O)c3ccccc3C1=N2. The van der Waals surface area contributed by atoms with Gasteiger partial charge >= 0.3 is 5.69 Å². The number of hydrogen-bond acceptors (Lipinski definition) is 4. The Hall–Kier alpha value is -2.96. The first-order chi connectivity index (χ1) is 14.3. The van der Waals surface area contributed by atoms with Gasteiger partial charge in [-0.3, -0.25) is 18.7 Å². The molecule has 0 N–H and O–H groups in total. The fourth-order valence-corrected chi connectivity index (χ4v) is 4.74. The molecule has 2 aliphatic rings. The van der Waals surface area contributed by atoms with Crippen LogP contribution in [-0.4, -0.2) is 20.6 Å². The summed E-state index contributed by atoms with van der Waals surface area (Å²) in [6, 6.07) is 12.3. The van der Waals surface area contributed by atoms with Crippen LogP contribution in [-0.2, 0) is 14.1 Å². The van der Waals surface area contributed by atoms with E-state index in [0.29, 0.717) is 32.4 Å². The van der Waals surface area contributed by atoms with Gasteiger partial charge in [0.2, 0.25) is 0 Å². The topological polar surface area (TPSA) is 73.4 Å². The molecule has 0 saturated heterocycles. The lowest BCUT2D eigenvalue weighted by molar-refractivity contribution is 0.0953. The summed E-state index contributed by atoms with van der Waals surface area (Å²) in [5.74, 6) is -1.18. The molecule has 2 atom stereocenters. The third kappa shape index (κ3) is 2.44. The maximum Gasteiger partial charge on any atom is 0.332 e. The lowest BCUT2D eigenvalue weighted by Gasteiger charge is -2.30. The fourth-order valence-electron chi connectivity index (χ4n) is 4.43. The highest BCUT2D eigenvalue weighted by Crippen LogP contribution is 2.47. The van der Waals surface area contributed by atoms with Crippen molar-refractivity contribution in [1.82, 2.24) is 9.13 Å². The van der Waals surface area contributed by atoms with Crippen LogP contribution in [0.25, 0.3) is 0 Å². The van der Waals surface area contributed by atoms with Crippen LogP contribution in [0.4, 0.5) is 5.82 Å². The normalized spacial score (nSPS) is 19.2. The molecule has 2 aromatic carbocycles. The largest absolute Gasteiger partial charge is 0.332 e. The maximum absolute atomic E-state index is 13.4. The highest BCUT2D eigenvalue weighted by Gasteiger charge is 2.47. The van der Waals surface area contributed by atoms with Crippen molar-refractivity contribution in [3.8, 4) is 0 Å². The van der Waals surface area contributed by atoms with Crippen molar-refractivity contribution in [3.63, 3.8) is 0 Å². The number of carbonyl (C=O) groups is 1. The molecule has 1 aliphatic carbocycles. The van der Waals surface area contributed by atoms with Gasteiger partial charge in [0.1, 0.15) is 5.82 Å². The maximum atomic E-state index is 13.4. The smallest absolute Gasteiger partial charge is 0.293 e. The summed E-state index contributed by atoms with van der Waals surface area (Å²) in [6.45, 7) is 0. The van der Waals surface area contributed by atoms with E-state index >= 15 is 0 Å². The number of rotatable bonds is 1. The molecule has 150 valence electrons. The Morgan fingerprint density at radius 1 is 0.867 bits per heavy atom. The fraction of sp³-hybridized carbons (Fsp3) is 0.182. The van der Waals surface area contributed by atoms with Gasteiger partial charge in [-0.1, -0.05) is 53.5 Å². The van der Waals surface area contributed by atoms with Crippen LogP contribution in [0, 0.1) is 5.92 Å². The van der Waals surface area contributed by atoms with Gasteiger partial charge in [0, 0.05) is 31.1 Å². The highest BCUT2D eigenvalue weighted by molar-refractivity contribution is 6.42. The summed E-state index contributed by atoms with van der Waals surface area (Å²) in [4.78, 5) is 43.8. The predicted molar refractivity (Wildman–Crippen MR) is 116 cm³/mol. The standard InChI is InChI=1S/C22H15Cl2N3O3/c1-26-20-17(21(29)27(2)22(26)30)15(10-7-8-13(23)14(24)9-10)16-18(25-20)11-5-3-4-6-12(11)19(16)28/h3-9,15-16H,1-2H3/t15-,16-/m1/s1. The van der Waals surface area contributed by atoms with Crippen LogP contribution in [0.2, 0.25) is 10.0 Å². The molecule has 0 bridgehead atoms. The first kappa shape index (κ1) is 19.0. The van der Waals surface area contributed by atoms with Gasteiger partial charge in [-0.25, -0.2) is 9.79 Å². The number of Topliss-reactive ketones (excluding diaryl/α,β-unsaturated/α-hetero) is 1. The Morgan fingerprint density at radius 3 is 2.27 bits per heavy atom. The minimum absolute atomic E-state index is 0.109. The molecular formula is C22H15Cl2N3O3. The van der Waals surface area contributed by atoms with Crippen molar-refractivity contribution in [1.29, 1.82) is 0 Å². The van der Waals surface area contributed by atoms with Crippen molar-refractivity contribution in [2.45, 2.75) is 5.92 Å². The van der Waals surface area contributed by atoms with Gasteiger partial charge in [0.15, 0.2) is 5.78 Å². The quantitative estimate of drug-likeness (QED) is 0.582. The van der Waals surface area contributed by atoms with E-state index in [-0.39, 0.29) is 11.6 Å². The van der Waals surface area contributed by atoms with E-state index in [1.807, 2.05) is 12.1 Å².